The number of thiazole rings is 1. The molecule has 0 saturated heterocycles. The maximum Gasteiger partial charge on any atom is 0.191 e. The number of nitrogens with zero attached hydrogens (tertiary/aromatic N) is 2. The summed E-state index contributed by atoms with van der Waals surface area (Å²) in [6.45, 7) is 4.59. The number of benzene rings is 1. The lowest BCUT2D eigenvalue weighted by atomic mass is 10.1. The minimum Gasteiger partial charge on any atom is -0.493 e. The molecule has 0 radical (unpaired) electrons. The van der Waals surface area contributed by atoms with Gasteiger partial charge >= 0.3 is 0 Å². The molecule has 0 bridgehead atoms. The Morgan fingerprint density at radius 1 is 1.28 bits per heavy atom. The van der Waals surface area contributed by atoms with E-state index in [1.807, 2.05) is 6.20 Å². The molecule has 0 saturated carbocycles. The molecule has 0 aliphatic carbocycles. The Labute approximate surface area is 170 Å². The Morgan fingerprint density at radius 3 is 2.80 bits per heavy atom. The number of rotatable bonds is 6. The monoisotopic (exact) mass is 472 g/mol. The van der Waals surface area contributed by atoms with Gasteiger partial charge in [-0.3, -0.25) is 4.99 Å². The van der Waals surface area contributed by atoms with Crippen molar-refractivity contribution in [2.45, 2.75) is 26.2 Å². The van der Waals surface area contributed by atoms with Crippen LogP contribution < -0.4 is 15.4 Å². The predicted molar refractivity (Wildman–Crippen MR) is 115 cm³/mol. The van der Waals surface area contributed by atoms with Gasteiger partial charge in [-0.1, -0.05) is 12.1 Å². The summed E-state index contributed by atoms with van der Waals surface area (Å²) in [5.74, 6) is 1.88. The molecule has 25 heavy (non-hydrogen) atoms. The molecular weight excluding hydrogens is 447 g/mol. The zero-order chi connectivity index (χ0) is 16.8. The van der Waals surface area contributed by atoms with Crippen molar-refractivity contribution in [3.05, 3.63) is 45.4 Å². The van der Waals surface area contributed by atoms with E-state index in [2.05, 4.69) is 45.7 Å². The molecule has 5 nitrogen and oxygen atoms in total. The van der Waals surface area contributed by atoms with Crippen molar-refractivity contribution < 1.29 is 4.74 Å². The maximum absolute atomic E-state index is 5.55. The summed E-state index contributed by atoms with van der Waals surface area (Å²) in [5, 5.41) is 7.87. The van der Waals surface area contributed by atoms with Gasteiger partial charge in [0.2, 0.25) is 0 Å². The summed E-state index contributed by atoms with van der Waals surface area (Å²) in [6, 6.07) is 6.48. The highest BCUT2D eigenvalue weighted by Crippen LogP contribution is 2.25. The molecule has 2 heterocycles. The Kier molecular flexibility index (Phi) is 7.95. The van der Waals surface area contributed by atoms with Crippen LogP contribution in [-0.4, -0.2) is 37.7 Å². The highest BCUT2D eigenvalue weighted by Gasteiger charge is 2.11. The molecule has 1 aliphatic rings. The summed E-state index contributed by atoms with van der Waals surface area (Å²) >= 11 is 1.75. The van der Waals surface area contributed by atoms with Crippen molar-refractivity contribution >= 4 is 41.3 Å². The zero-order valence-corrected chi connectivity index (χ0v) is 17.8. The molecule has 3 rings (SSSR count). The second kappa shape index (κ2) is 9.96. The van der Waals surface area contributed by atoms with Crippen LogP contribution in [0.3, 0.4) is 0 Å². The number of hydrogen-bond acceptors (Lipinski definition) is 4. The molecule has 1 aliphatic heterocycles. The number of aromatic nitrogens is 1. The van der Waals surface area contributed by atoms with E-state index in [0.29, 0.717) is 0 Å². The molecule has 0 fully saturated rings. The second-order valence-electron chi connectivity index (χ2n) is 5.83. The predicted octanol–water partition coefficient (Wildman–Crippen LogP) is 2.95. The van der Waals surface area contributed by atoms with Gasteiger partial charge in [-0.2, -0.15) is 0 Å². The average molecular weight is 472 g/mol. The lowest BCUT2D eigenvalue weighted by molar-refractivity contribution is 0.357. The number of halogens is 1. The third-order valence-electron chi connectivity index (χ3n) is 3.98. The zero-order valence-electron chi connectivity index (χ0n) is 14.7. The molecule has 1 aromatic carbocycles. The van der Waals surface area contributed by atoms with E-state index in [0.717, 1.165) is 55.7 Å². The van der Waals surface area contributed by atoms with Crippen LogP contribution in [0, 0.1) is 6.92 Å². The van der Waals surface area contributed by atoms with Gasteiger partial charge in [0, 0.05) is 44.1 Å². The van der Waals surface area contributed by atoms with E-state index in [1.54, 1.807) is 18.4 Å². The van der Waals surface area contributed by atoms with E-state index in [1.165, 1.54) is 16.0 Å². The minimum atomic E-state index is 0. The maximum atomic E-state index is 5.55. The highest BCUT2D eigenvalue weighted by molar-refractivity contribution is 14.0. The normalized spacial score (nSPS) is 13.0. The van der Waals surface area contributed by atoms with E-state index in [4.69, 9.17) is 4.74 Å². The van der Waals surface area contributed by atoms with Crippen LogP contribution in [0.15, 0.2) is 29.4 Å². The number of aryl methyl sites for hydroxylation is 1. The summed E-state index contributed by atoms with van der Waals surface area (Å²) in [7, 11) is 1.80. The van der Waals surface area contributed by atoms with Crippen molar-refractivity contribution in [2.75, 3.05) is 26.7 Å². The van der Waals surface area contributed by atoms with Gasteiger partial charge in [0.05, 0.1) is 11.6 Å². The van der Waals surface area contributed by atoms with Crippen LogP contribution in [0.4, 0.5) is 0 Å². The largest absolute Gasteiger partial charge is 0.493 e. The molecule has 0 unspecified atom stereocenters. The van der Waals surface area contributed by atoms with Gasteiger partial charge in [-0.25, -0.2) is 4.98 Å². The Bertz CT molecular complexity index is 717. The summed E-state index contributed by atoms with van der Waals surface area (Å²) in [5.41, 5.74) is 2.66. The van der Waals surface area contributed by atoms with E-state index >= 15 is 0 Å². The number of aliphatic imine (C=N–C) groups is 1. The lowest BCUT2D eigenvalue weighted by Crippen LogP contribution is -2.39. The summed E-state index contributed by atoms with van der Waals surface area (Å²) in [4.78, 5) is 9.90. The van der Waals surface area contributed by atoms with E-state index in [-0.39, 0.29) is 24.0 Å². The molecule has 136 valence electrons. The van der Waals surface area contributed by atoms with Crippen LogP contribution in [0.1, 0.15) is 21.0 Å². The molecular formula is C18H25IN4OS. The first-order chi connectivity index (χ1) is 11.7. The Morgan fingerprint density at radius 2 is 2.08 bits per heavy atom. The first-order valence-electron chi connectivity index (χ1n) is 8.35. The van der Waals surface area contributed by atoms with Crippen molar-refractivity contribution in [3.8, 4) is 5.75 Å². The fourth-order valence-electron chi connectivity index (χ4n) is 2.75. The van der Waals surface area contributed by atoms with Gasteiger partial charge in [-0.05, 0) is 30.5 Å². The topological polar surface area (TPSA) is 58.5 Å². The number of nitrogens with one attached hydrogen (secondary N) is 2. The van der Waals surface area contributed by atoms with E-state index < -0.39 is 0 Å². The SMILES string of the molecule is CN=C(NCCc1ccc2c(c1)CCO2)NCCc1ncc(C)s1.I. The highest BCUT2D eigenvalue weighted by atomic mass is 127. The average Bonchev–Trinajstić information content (AvgIpc) is 3.21. The third kappa shape index (κ3) is 5.85. The first-order valence-corrected chi connectivity index (χ1v) is 9.16. The molecule has 1 aromatic heterocycles. The van der Waals surface area contributed by atoms with Gasteiger partial charge in [0.15, 0.2) is 5.96 Å². The standard InChI is InChI=1S/C18H24N4OS.HI/c1-13-12-22-17(24-13)6-9-21-18(19-2)20-8-5-14-3-4-16-15(11-14)7-10-23-16;/h3-4,11-12H,5-10H2,1-2H3,(H2,19,20,21);1H. The van der Waals surface area contributed by atoms with Gasteiger partial charge in [0.1, 0.15) is 5.75 Å². The summed E-state index contributed by atoms with van der Waals surface area (Å²) < 4.78 is 5.55. The third-order valence-corrected chi connectivity index (χ3v) is 4.96. The molecule has 7 heteroatoms. The fraction of sp³-hybridized carbons (Fsp3) is 0.444. The molecule has 0 atom stereocenters. The fourth-order valence-corrected chi connectivity index (χ4v) is 3.53. The number of fused-ring (bicyclic) bond motifs is 1. The molecule has 2 aromatic rings. The van der Waals surface area contributed by atoms with Gasteiger partial charge < -0.3 is 15.4 Å². The number of ether oxygens (including phenoxy) is 1. The van der Waals surface area contributed by atoms with Crippen molar-refractivity contribution in [3.63, 3.8) is 0 Å². The van der Waals surface area contributed by atoms with Crippen LogP contribution in [0.25, 0.3) is 0 Å². The Balaban J connectivity index is 0.00000225. The molecule has 0 spiro atoms. The van der Waals surface area contributed by atoms with Crippen molar-refractivity contribution in [2.24, 2.45) is 4.99 Å². The van der Waals surface area contributed by atoms with Crippen molar-refractivity contribution in [1.82, 2.24) is 15.6 Å². The number of hydrogen-bond donors (Lipinski definition) is 2. The quantitative estimate of drug-likeness (QED) is 0.386. The van der Waals surface area contributed by atoms with Crippen LogP contribution in [0.5, 0.6) is 5.75 Å². The molecule has 0 amide bonds. The smallest absolute Gasteiger partial charge is 0.191 e. The second-order valence-corrected chi connectivity index (χ2v) is 7.15. The lowest BCUT2D eigenvalue weighted by Gasteiger charge is -2.11. The Hall–Kier alpha value is -1.35. The summed E-state index contributed by atoms with van der Waals surface area (Å²) in [6.07, 6.45) is 4.84. The van der Waals surface area contributed by atoms with Crippen molar-refractivity contribution in [1.29, 1.82) is 0 Å². The van der Waals surface area contributed by atoms with Gasteiger partial charge in [0.25, 0.3) is 0 Å². The van der Waals surface area contributed by atoms with Crippen LogP contribution in [0.2, 0.25) is 0 Å². The van der Waals surface area contributed by atoms with Crippen LogP contribution >= 0.6 is 35.3 Å². The van der Waals surface area contributed by atoms with E-state index in [9.17, 15) is 0 Å². The first kappa shape index (κ1) is 20.0. The molecule has 2 N–H and O–H groups in total. The van der Waals surface area contributed by atoms with Gasteiger partial charge in [-0.15, -0.1) is 35.3 Å². The minimum absolute atomic E-state index is 0. The number of guanidine groups is 1. The van der Waals surface area contributed by atoms with Crippen LogP contribution in [-0.2, 0) is 19.3 Å².